The van der Waals surface area contributed by atoms with E-state index in [0.29, 0.717) is 6.42 Å². The summed E-state index contributed by atoms with van der Waals surface area (Å²) in [6.07, 6.45) is 0.0355. The Kier molecular flexibility index (Phi) is 3.78. The summed E-state index contributed by atoms with van der Waals surface area (Å²) >= 11 is 1.65. The third-order valence-corrected chi connectivity index (χ3v) is 4.16. The Labute approximate surface area is 112 Å². The Morgan fingerprint density at radius 1 is 1.11 bits per heavy atom. The first-order valence-electron chi connectivity index (χ1n) is 6.02. The molecule has 3 nitrogen and oxygen atoms in total. The fourth-order valence-electron chi connectivity index (χ4n) is 1.95. The monoisotopic (exact) mass is 262 g/mol. The van der Waals surface area contributed by atoms with Gasteiger partial charge in [0.05, 0.1) is 16.8 Å². The number of thiazole rings is 1. The molecular formula is C14H18N2OS. The zero-order valence-corrected chi connectivity index (χ0v) is 12.0. The molecule has 0 saturated heterocycles. The average Bonchev–Trinajstić information content (AvgIpc) is 2.57. The number of aliphatic hydroxyl groups excluding tert-OH is 1. The van der Waals surface area contributed by atoms with Crippen LogP contribution in [0.25, 0.3) is 0 Å². The summed E-state index contributed by atoms with van der Waals surface area (Å²) in [5, 5.41) is 11.3. The largest absolute Gasteiger partial charge is 0.388 e. The van der Waals surface area contributed by atoms with Crippen molar-refractivity contribution in [2.24, 2.45) is 0 Å². The van der Waals surface area contributed by atoms with Crippen molar-refractivity contribution in [3.8, 4) is 0 Å². The Balaban J connectivity index is 2.19. The van der Waals surface area contributed by atoms with E-state index in [1.165, 1.54) is 4.88 Å². The minimum Gasteiger partial charge on any atom is -0.388 e. The van der Waals surface area contributed by atoms with E-state index in [1.807, 2.05) is 32.9 Å². The Morgan fingerprint density at radius 2 is 1.83 bits per heavy atom. The topological polar surface area (TPSA) is 46.0 Å². The van der Waals surface area contributed by atoms with Gasteiger partial charge in [-0.3, -0.25) is 4.98 Å². The molecule has 1 N–H and O–H groups in total. The van der Waals surface area contributed by atoms with Gasteiger partial charge in [-0.1, -0.05) is 6.07 Å². The van der Waals surface area contributed by atoms with Crippen molar-refractivity contribution in [3.05, 3.63) is 44.7 Å². The molecule has 1 atom stereocenters. The van der Waals surface area contributed by atoms with Crippen molar-refractivity contribution in [3.63, 3.8) is 0 Å². The standard InChI is InChI=1S/C14H18N2OS/c1-8-5-6-12(10(3)15-8)13(17)7-14-16-9(2)11(4)18-14/h5-6,13,17H,7H2,1-4H3. The minimum atomic E-state index is -0.525. The summed E-state index contributed by atoms with van der Waals surface area (Å²) in [7, 11) is 0. The van der Waals surface area contributed by atoms with E-state index < -0.39 is 6.10 Å². The molecule has 0 aromatic carbocycles. The predicted molar refractivity (Wildman–Crippen MR) is 74.0 cm³/mol. The lowest BCUT2D eigenvalue weighted by Crippen LogP contribution is -2.05. The number of hydrogen-bond acceptors (Lipinski definition) is 4. The van der Waals surface area contributed by atoms with E-state index in [1.54, 1.807) is 11.3 Å². The Morgan fingerprint density at radius 3 is 2.39 bits per heavy atom. The second-order valence-corrected chi connectivity index (χ2v) is 5.88. The highest BCUT2D eigenvalue weighted by Gasteiger charge is 2.15. The van der Waals surface area contributed by atoms with Gasteiger partial charge in [-0.2, -0.15) is 0 Å². The normalized spacial score (nSPS) is 12.7. The summed E-state index contributed by atoms with van der Waals surface area (Å²) in [5.41, 5.74) is 3.82. The lowest BCUT2D eigenvalue weighted by Gasteiger charge is -2.12. The van der Waals surface area contributed by atoms with Gasteiger partial charge in [0.25, 0.3) is 0 Å². The van der Waals surface area contributed by atoms with Crippen LogP contribution >= 0.6 is 11.3 Å². The average molecular weight is 262 g/mol. The van der Waals surface area contributed by atoms with Gasteiger partial charge in [0.2, 0.25) is 0 Å². The summed E-state index contributed by atoms with van der Waals surface area (Å²) < 4.78 is 0. The fourth-order valence-corrected chi connectivity index (χ4v) is 2.92. The number of aromatic nitrogens is 2. The predicted octanol–water partition coefficient (Wildman–Crippen LogP) is 3.05. The quantitative estimate of drug-likeness (QED) is 0.924. The number of aryl methyl sites for hydroxylation is 4. The summed E-state index contributed by atoms with van der Waals surface area (Å²) in [6, 6.07) is 3.89. The number of pyridine rings is 1. The maximum atomic E-state index is 10.3. The summed E-state index contributed by atoms with van der Waals surface area (Å²) in [4.78, 5) is 10.1. The van der Waals surface area contributed by atoms with E-state index in [2.05, 4.69) is 16.9 Å². The highest BCUT2D eigenvalue weighted by atomic mass is 32.1. The highest BCUT2D eigenvalue weighted by Crippen LogP contribution is 2.24. The van der Waals surface area contributed by atoms with Gasteiger partial charge in [-0.15, -0.1) is 11.3 Å². The molecule has 1 unspecified atom stereocenters. The number of rotatable bonds is 3. The molecule has 0 aliphatic heterocycles. The molecule has 2 heterocycles. The maximum absolute atomic E-state index is 10.3. The smallest absolute Gasteiger partial charge is 0.0960 e. The number of nitrogens with zero attached hydrogens (tertiary/aromatic N) is 2. The zero-order valence-electron chi connectivity index (χ0n) is 11.2. The Bertz CT molecular complexity index is 543. The van der Waals surface area contributed by atoms with Crippen LogP contribution in [0.5, 0.6) is 0 Å². The van der Waals surface area contributed by atoms with Crippen LogP contribution in [-0.2, 0) is 6.42 Å². The van der Waals surface area contributed by atoms with Crippen LogP contribution in [0.4, 0.5) is 0 Å². The molecule has 96 valence electrons. The van der Waals surface area contributed by atoms with Gasteiger partial charge in [-0.25, -0.2) is 4.98 Å². The van der Waals surface area contributed by atoms with Gasteiger partial charge in [0, 0.05) is 28.2 Å². The second-order valence-electron chi connectivity index (χ2n) is 4.60. The van der Waals surface area contributed by atoms with E-state index in [-0.39, 0.29) is 0 Å². The van der Waals surface area contributed by atoms with Crippen LogP contribution in [0, 0.1) is 27.7 Å². The van der Waals surface area contributed by atoms with E-state index in [0.717, 1.165) is 27.7 Å². The fraction of sp³-hybridized carbons (Fsp3) is 0.429. The van der Waals surface area contributed by atoms with Gasteiger partial charge < -0.3 is 5.11 Å². The van der Waals surface area contributed by atoms with Gasteiger partial charge >= 0.3 is 0 Å². The van der Waals surface area contributed by atoms with E-state index >= 15 is 0 Å². The molecule has 0 spiro atoms. The first-order valence-corrected chi connectivity index (χ1v) is 6.84. The number of hydrogen-bond donors (Lipinski definition) is 1. The first-order chi connectivity index (χ1) is 8.47. The van der Waals surface area contributed by atoms with Crippen LogP contribution < -0.4 is 0 Å². The van der Waals surface area contributed by atoms with Crippen molar-refractivity contribution in [2.45, 2.75) is 40.2 Å². The molecule has 2 aromatic heterocycles. The molecule has 0 amide bonds. The molecule has 0 saturated carbocycles. The van der Waals surface area contributed by atoms with Crippen LogP contribution in [0.15, 0.2) is 12.1 Å². The molecular weight excluding hydrogens is 244 g/mol. The maximum Gasteiger partial charge on any atom is 0.0960 e. The van der Waals surface area contributed by atoms with Crippen LogP contribution in [0.2, 0.25) is 0 Å². The minimum absolute atomic E-state index is 0.525. The lowest BCUT2D eigenvalue weighted by atomic mass is 10.1. The molecule has 0 radical (unpaired) electrons. The molecule has 4 heteroatoms. The lowest BCUT2D eigenvalue weighted by molar-refractivity contribution is 0.177. The summed E-state index contributed by atoms with van der Waals surface area (Å²) in [5.74, 6) is 0. The molecule has 0 aliphatic rings. The van der Waals surface area contributed by atoms with Crippen molar-refractivity contribution in [1.29, 1.82) is 0 Å². The molecule has 18 heavy (non-hydrogen) atoms. The second kappa shape index (κ2) is 5.16. The molecule has 0 fully saturated rings. The summed E-state index contributed by atoms with van der Waals surface area (Å²) in [6.45, 7) is 7.95. The van der Waals surface area contributed by atoms with Crippen LogP contribution in [0.1, 0.15) is 38.6 Å². The molecule has 2 aromatic rings. The van der Waals surface area contributed by atoms with E-state index in [4.69, 9.17) is 0 Å². The van der Waals surface area contributed by atoms with Gasteiger partial charge in [0.1, 0.15) is 0 Å². The van der Waals surface area contributed by atoms with Crippen LogP contribution in [-0.4, -0.2) is 15.1 Å². The van der Waals surface area contributed by atoms with Crippen molar-refractivity contribution < 1.29 is 5.11 Å². The highest BCUT2D eigenvalue weighted by molar-refractivity contribution is 7.11. The SMILES string of the molecule is Cc1ccc(C(O)Cc2nc(C)c(C)s2)c(C)n1. The third kappa shape index (κ3) is 2.76. The van der Waals surface area contributed by atoms with Gasteiger partial charge in [-0.05, 0) is 33.8 Å². The molecule has 0 aliphatic carbocycles. The van der Waals surface area contributed by atoms with Crippen molar-refractivity contribution in [2.75, 3.05) is 0 Å². The van der Waals surface area contributed by atoms with Crippen molar-refractivity contribution in [1.82, 2.24) is 9.97 Å². The molecule has 2 rings (SSSR count). The molecule has 0 bridgehead atoms. The van der Waals surface area contributed by atoms with Crippen LogP contribution in [0.3, 0.4) is 0 Å². The third-order valence-electron chi connectivity index (χ3n) is 3.07. The zero-order chi connectivity index (χ0) is 13.3. The first kappa shape index (κ1) is 13.2. The van der Waals surface area contributed by atoms with Gasteiger partial charge in [0.15, 0.2) is 0 Å². The Hall–Kier alpha value is -1.26. The van der Waals surface area contributed by atoms with Crippen molar-refractivity contribution >= 4 is 11.3 Å². The number of aliphatic hydroxyl groups is 1. The van der Waals surface area contributed by atoms with E-state index in [9.17, 15) is 5.11 Å².